The normalized spacial score (nSPS) is 15.3. The van der Waals surface area contributed by atoms with Gasteiger partial charge in [0.15, 0.2) is 0 Å². The second-order valence-corrected chi connectivity index (χ2v) is 7.14. The van der Waals surface area contributed by atoms with Crippen LogP contribution in [0.25, 0.3) is 0 Å². The first-order chi connectivity index (χ1) is 13.3. The number of nitrogens with zero attached hydrogens (tertiary/aromatic N) is 2. The third kappa shape index (κ3) is 4.37. The lowest BCUT2D eigenvalue weighted by molar-refractivity contribution is 0.250. The van der Waals surface area contributed by atoms with Crippen LogP contribution < -0.4 is 4.90 Å². The van der Waals surface area contributed by atoms with Crippen molar-refractivity contribution in [3.63, 3.8) is 0 Å². The van der Waals surface area contributed by atoms with E-state index in [0.29, 0.717) is 5.92 Å². The first kappa shape index (κ1) is 17.7. The van der Waals surface area contributed by atoms with Gasteiger partial charge in [0.05, 0.1) is 0 Å². The molecule has 3 aromatic rings. The summed E-state index contributed by atoms with van der Waals surface area (Å²) in [5, 5.41) is 0. The monoisotopic (exact) mass is 360 g/mol. The van der Waals surface area contributed by atoms with Gasteiger partial charge in [0.1, 0.15) is 5.82 Å². The molecule has 2 nitrogen and oxygen atoms in total. The summed E-state index contributed by atoms with van der Waals surface area (Å²) in [7, 11) is 0. The van der Waals surface area contributed by atoms with Gasteiger partial charge in [-0.3, -0.25) is 4.90 Å². The first-order valence-corrected chi connectivity index (χ1v) is 9.62. The van der Waals surface area contributed by atoms with E-state index in [1.807, 2.05) is 12.1 Å². The van der Waals surface area contributed by atoms with E-state index >= 15 is 0 Å². The minimum absolute atomic E-state index is 0.175. The van der Waals surface area contributed by atoms with Crippen LogP contribution in [0.3, 0.4) is 0 Å². The Hall–Kier alpha value is -2.65. The molecule has 0 aliphatic carbocycles. The molecule has 1 saturated heterocycles. The minimum Gasteiger partial charge on any atom is -0.369 e. The van der Waals surface area contributed by atoms with Gasteiger partial charge in [-0.1, -0.05) is 60.7 Å². The van der Waals surface area contributed by atoms with E-state index in [1.165, 1.54) is 11.1 Å². The Balaban J connectivity index is 1.44. The molecule has 0 atom stereocenters. The van der Waals surface area contributed by atoms with E-state index in [4.69, 9.17) is 0 Å². The first-order valence-electron chi connectivity index (χ1n) is 9.62. The number of hydrogen-bond donors (Lipinski definition) is 0. The Bertz CT molecular complexity index is 786. The lowest BCUT2D eigenvalue weighted by Gasteiger charge is -2.38. The standard InChI is InChI=1S/C24H25FN2/c25-22-11-13-23(14-12-22)27-17-15-26(16-18-27)19-24(20-7-3-1-4-8-20)21-9-5-2-6-10-21/h1-14,24H,15-19H2. The molecule has 1 aliphatic heterocycles. The molecule has 0 bridgehead atoms. The molecule has 3 heteroatoms. The molecule has 0 radical (unpaired) electrons. The average molecular weight is 360 g/mol. The van der Waals surface area contributed by atoms with E-state index in [-0.39, 0.29) is 5.82 Å². The van der Waals surface area contributed by atoms with Gasteiger partial charge in [-0.25, -0.2) is 4.39 Å². The van der Waals surface area contributed by atoms with Crippen molar-refractivity contribution in [2.24, 2.45) is 0 Å². The predicted molar refractivity (Wildman–Crippen MR) is 110 cm³/mol. The Kier molecular flexibility index (Phi) is 5.50. The molecule has 4 rings (SSSR count). The molecule has 27 heavy (non-hydrogen) atoms. The van der Waals surface area contributed by atoms with Gasteiger partial charge in [0.25, 0.3) is 0 Å². The summed E-state index contributed by atoms with van der Waals surface area (Å²) in [6.07, 6.45) is 0. The van der Waals surface area contributed by atoms with Crippen LogP contribution in [-0.2, 0) is 0 Å². The molecular formula is C24H25FN2. The Morgan fingerprint density at radius 1 is 0.667 bits per heavy atom. The van der Waals surface area contributed by atoms with Gasteiger partial charge >= 0.3 is 0 Å². The SMILES string of the molecule is Fc1ccc(N2CCN(CC(c3ccccc3)c3ccccc3)CC2)cc1. The quantitative estimate of drug-likeness (QED) is 0.646. The molecule has 0 aromatic heterocycles. The average Bonchev–Trinajstić information content (AvgIpc) is 2.74. The highest BCUT2D eigenvalue weighted by Crippen LogP contribution is 2.26. The number of anilines is 1. The number of hydrogen-bond acceptors (Lipinski definition) is 2. The zero-order valence-corrected chi connectivity index (χ0v) is 15.5. The second kappa shape index (κ2) is 8.36. The van der Waals surface area contributed by atoms with Gasteiger partial charge < -0.3 is 4.90 Å². The van der Waals surface area contributed by atoms with Crippen molar-refractivity contribution in [2.45, 2.75) is 5.92 Å². The Morgan fingerprint density at radius 2 is 1.19 bits per heavy atom. The zero-order chi connectivity index (χ0) is 18.5. The molecule has 0 saturated carbocycles. The highest BCUT2D eigenvalue weighted by atomic mass is 19.1. The van der Waals surface area contributed by atoms with Crippen LogP contribution in [-0.4, -0.2) is 37.6 Å². The van der Waals surface area contributed by atoms with Crippen LogP contribution in [0, 0.1) is 5.82 Å². The Labute approximate surface area is 160 Å². The van der Waals surface area contributed by atoms with E-state index in [9.17, 15) is 4.39 Å². The molecule has 0 amide bonds. The van der Waals surface area contributed by atoms with Crippen LogP contribution in [0.1, 0.15) is 17.0 Å². The van der Waals surface area contributed by atoms with E-state index < -0.39 is 0 Å². The maximum atomic E-state index is 13.2. The summed E-state index contributed by atoms with van der Waals surface area (Å²) >= 11 is 0. The fraction of sp³-hybridized carbons (Fsp3) is 0.250. The highest BCUT2D eigenvalue weighted by Gasteiger charge is 2.22. The molecule has 1 aliphatic rings. The van der Waals surface area contributed by atoms with E-state index in [2.05, 4.69) is 70.5 Å². The van der Waals surface area contributed by atoms with Crippen molar-refractivity contribution in [1.82, 2.24) is 4.90 Å². The van der Waals surface area contributed by atoms with Gasteiger partial charge in [-0.05, 0) is 35.4 Å². The van der Waals surface area contributed by atoms with Crippen molar-refractivity contribution < 1.29 is 4.39 Å². The third-order valence-electron chi connectivity index (χ3n) is 5.41. The summed E-state index contributed by atoms with van der Waals surface area (Å²) < 4.78 is 13.2. The molecule has 138 valence electrons. The molecule has 0 N–H and O–H groups in total. The molecule has 0 spiro atoms. The lowest BCUT2D eigenvalue weighted by Crippen LogP contribution is -2.47. The lowest BCUT2D eigenvalue weighted by atomic mass is 9.90. The molecule has 1 fully saturated rings. The number of piperazine rings is 1. The van der Waals surface area contributed by atoms with Crippen molar-refractivity contribution >= 4 is 5.69 Å². The third-order valence-corrected chi connectivity index (χ3v) is 5.41. The largest absolute Gasteiger partial charge is 0.369 e. The second-order valence-electron chi connectivity index (χ2n) is 7.14. The fourth-order valence-corrected chi connectivity index (χ4v) is 3.87. The van der Waals surface area contributed by atoms with Gasteiger partial charge in [0, 0.05) is 44.3 Å². The van der Waals surface area contributed by atoms with Crippen molar-refractivity contribution in [3.8, 4) is 0 Å². The number of benzene rings is 3. The van der Waals surface area contributed by atoms with Gasteiger partial charge in [0.2, 0.25) is 0 Å². The molecule has 1 heterocycles. The summed E-state index contributed by atoms with van der Waals surface area (Å²) in [5.41, 5.74) is 3.84. The van der Waals surface area contributed by atoms with Crippen molar-refractivity contribution in [3.05, 3.63) is 102 Å². The van der Waals surface area contributed by atoms with Crippen LogP contribution >= 0.6 is 0 Å². The van der Waals surface area contributed by atoms with Crippen LogP contribution in [0.5, 0.6) is 0 Å². The molecular weight excluding hydrogens is 335 g/mol. The smallest absolute Gasteiger partial charge is 0.123 e. The van der Waals surface area contributed by atoms with Gasteiger partial charge in [-0.2, -0.15) is 0 Å². The van der Waals surface area contributed by atoms with Crippen molar-refractivity contribution in [1.29, 1.82) is 0 Å². The highest BCUT2D eigenvalue weighted by molar-refractivity contribution is 5.46. The summed E-state index contributed by atoms with van der Waals surface area (Å²) in [4.78, 5) is 4.89. The van der Waals surface area contributed by atoms with Crippen LogP contribution in [0.15, 0.2) is 84.9 Å². The van der Waals surface area contributed by atoms with E-state index in [0.717, 1.165) is 38.4 Å². The van der Waals surface area contributed by atoms with Crippen LogP contribution in [0.4, 0.5) is 10.1 Å². The Morgan fingerprint density at radius 3 is 1.70 bits per heavy atom. The number of halogens is 1. The molecule has 3 aromatic carbocycles. The summed E-state index contributed by atoms with van der Waals surface area (Å²) in [6, 6.07) is 28.4. The molecule has 0 unspecified atom stereocenters. The van der Waals surface area contributed by atoms with E-state index in [1.54, 1.807) is 12.1 Å². The fourth-order valence-electron chi connectivity index (χ4n) is 3.87. The topological polar surface area (TPSA) is 6.48 Å². The predicted octanol–water partition coefficient (Wildman–Crippen LogP) is 4.78. The number of rotatable bonds is 5. The summed E-state index contributed by atoms with van der Waals surface area (Å²) in [5.74, 6) is 0.204. The minimum atomic E-state index is -0.175. The van der Waals surface area contributed by atoms with Gasteiger partial charge in [-0.15, -0.1) is 0 Å². The zero-order valence-electron chi connectivity index (χ0n) is 15.5. The van der Waals surface area contributed by atoms with Crippen LogP contribution in [0.2, 0.25) is 0 Å². The maximum Gasteiger partial charge on any atom is 0.123 e. The summed E-state index contributed by atoms with van der Waals surface area (Å²) in [6.45, 7) is 5.01. The maximum absolute atomic E-state index is 13.2. The van der Waals surface area contributed by atoms with Crippen molar-refractivity contribution in [2.75, 3.05) is 37.6 Å².